The molecule has 1 aromatic carbocycles. The molecule has 0 spiro atoms. The number of benzene rings is 1. The van der Waals surface area contributed by atoms with Gasteiger partial charge in [-0.15, -0.1) is 0 Å². The van der Waals surface area contributed by atoms with Crippen LogP contribution in [0.3, 0.4) is 0 Å². The summed E-state index contributed by atoms with van der Waals surface area (Å²) in [6.45, 7) is 3.46. The van der Waals surface area contributed by atoms with Crippen LogP contribution in [0, 0.1) is 0 Å². The van der Waals surface area contributed by atoms with Crippen molar-refractivity contribution in [3.63, 3.8) is 0 Å². The summed E-state index contributed by atoms with van der Waals surface area (Å²) in [5, 5.41) is 16.5. The fraction of sp³-hybridized carbons (Fsp3) is 0.312. The molecular weight excluding hydrogens is 286 g/mol. The molecule has 0 aliphatic heterocycles. The van der Waals surface area contributed by atoms with Gasteiger partial charge in [0, 0.05) is 12.6 Å². The van der Waals surface area contributed by atoms with Crippen molar-refractivity contribution in [3.8, 4) is 5.75 Å². The fourth-order valence-corrected chi connectivity index (χ4v) is 2.68. The van der Waals surface area contributed by atoms with E-state index in [9.17, 15) is 4.79 Å². The van der Waals surface area contributed by atoms with Crippen molar-refractivity contribution in [2.24, 2.45) is 0 Å². The van der Waals surface area contributed by atoms with Gasteiger partial charge in [-0.25, -0.2) is 4.79 Å². The fourth-order valence-electron chi connectivity index (χ4n) is 2.00. The number of carboxylic acids is 1. The average molecular weight is 305 g/mol. The van der Waals surface area contributed by atoms with E-state index < -0.39 is 5.97 Å². The molecule has 5 heteroatoms. The number of hydrogen-bond donors (Lipinski definition) is 2. The number of hydrogen-bond acceptors (Lipinski definition) is 4. The van der Waals surface area contributed by atoms with Crippen LogP contribution in [0.15, 0.2) is 41.1 Å². The van der Waals surface area contributed by atoms with Crippen molar-refractivity contribution in [3.05, 3.63) is 52.2 Å². The maximum Gasteiger partial charge on any atom is 0.335 e. The highest BCUT2D eigenvalue weighted by Gasteiger charge is 2.04. The molecule has 1 atom stereocenters. The summed E-state index contributed by atoms with van der Waals surface area (Å²) >= 11 is 1.72. The predicted molar refractivity (Wildman–Crippen MR) is 84.4 cm³/mol. The van der Waals surface area contributed by atoms with Crippen LogP contribution in [0.2, 0.25) is 0 Å². The maximum atomic E-state index is 10.7. The van der Waals surface area contributed by atoms with Gasteiger partial charge < -0.3 is 15.2 Å². The summed E-state index contributed by atoms with van der Waals surface area (Å²) < 4.78 is 5.57. The van der Waals surface area contributed by atoms with Crippen LogP contribution in [-0.4, -0.2) is 30.3 Å². The first-order valence-electron chi connectivity index (χ1n) is 6.86. The Bertz CT molecular complexity index is 551. The Labute approximate surface area is 128 Å². The van der Waals surface area contributed by atoms with Gasteiger partial charge in [0.2, 0.25) is 0 Å². The zero-order chi connectivity index (χ0) is 15.1. The second kappa shape index (κ2) is 7.81. The standard InChI is InChI=1S/C16H19NO3S/c1-12(10-13-6-9-21-11-13)17-7-8-20-15-4-2-14(3-5-15)16(18)19/h2-6,9,11-12,17H,7-8,10H2,1H3,(H,18,19). The molecule has 0 saturated carbocycles. The molecule has 1 unspecified atom stereocenters. The smallest absolute Gasteiger partial charge is 0.335 e. The lowest BCUT2D eigenvalue weighted by atomic mass is 10.1. The van der Waals surface area contributed by atoms with Crippen molar-refractivity contribution in [1.82, 2.24) is 5.32 Å². The van der Waals surface area contributed by atoms with E-state index >= 15 is 0 Å². The number of carbonyl (C=O) groups is 1. The van der Waals surface area contributed by atoms with Crippen LogP contribution in [0.4, 0.5) is 0 Å². The molecule has 21 heavy (non-hydrogen) atoms. The van der Waals surface area contributed by atoms with E-state index in [0.29, 0.717) is 18.4 Å². The zero-order valence-corrected chi connectivity index (χ0v) is 12.7. The lowest BCUT2D eigenvalue weighted by Gasteiger charge is -2.13. The molecule has 0 bridgehead atoms. The molecule has 0 aliphatic carbocycles. The van der Waals surface area contributed by atoms with Crippen LogP contribution in [0.1, 0.15) is 22.8 Å². The average Bonchev–Trinajstić information content (AvgIpc) is 2.97. The summed E-state index contributed by atoms with van der Waals surface area (Å²) in [5.41, 5.74) is 1.62. The SMILES string of the molecule is CC(Cc1ccsc1)NCCOc1ccc(C(=O)O)cc1. The third-order valence-electron chi connectivity index (χ3n) is 3.09. The van der Waals surface area contributed by atoms with Gasteiger partial charge in [0.05, 0.1) is 5.56 Å². The summed E-state index contributed by atoms with van der Waals surface area (Å²) in [6, 6.07) is 8.99. The molecule has 2 rings (SSSR count). The zero-order valence-electron chi connectivity index (χ0n) is 11.9. The van der Waals surface area contributed by atoms with Gasteiger partial charge in [0.25, 0.3) is 0 Å². The van der Waals surface area contributed by atoms with E-state index in [1.165, 1.54) is 5.56 Å². The van der Waals surface area contributed by atoms with E-state index in [-0.39, 0.29) is 5.56 Å². The number of ether oxygens (including phenoxy) is 1. The molecule has 1 heterocycles. The van der Waals surface area contributed by atoms with Crippen molar-refractivity contribution < 1.29 is 14.6 Å². The Morgan fingerprint density at radius 2 is 2.10 bits per heavy atom. The predicted octanol–water partition coefficient (Wildman–Crippen LogP) is 3.05. The van der Waals surface area contributed by atoms with Gasteiger partial charge in [-0.05, 0) is 60.0 Å². The minimum atomic E-state index is -0.925. The lowest BCUT2D eigenvalue weighted by molar-refractivity contribution is 0.0697. The minimum absolute atomic E-state index is 0.268. The Balaban J connectivity index is 1.66. The van der Waals surface area contributed by atoms with Gasteiger partial charge in [-0.3, -0.25) is 0 Å². The highest BCUT2D eigenvalue weighted by Crippen LogP contribution is 2.12. The first-order valence-corrected chi connectivity index (χ1v) is 7.80. The van der Waals surface area contributed by atoms with Crippen LogP contribution in [-0.2, 0) is 6.42 Å². The lowest BCUT2D eigenvalue weighted by Crippen LogP contribution is -2.31. The molecule has 0 amide bonds. The molecule has 0 aliphatic rings. The second-order valence-electron chi connectivity index (χ2n) is 4.87. The molecule has 112 valence electrons. The number of rotatable bonds is 8. The molecule has 2 aromatic rings. The van der Waals surface area contributed by atoms with E-state index in [4.69, 9.17) is 9.84 Å². The van der Waals surface area contributed by atoms with Crippen molar-refractivity contribution in [2.45, 2.75) is 19.4 Å². The number of thiophene rings is 1. The quantitative estimate of drug-likeness (QED) is 0.736. The van der Waals surface area contributed by atoms with Crippen LogP contribution >= 0.6 is 11.3 Å². The van der Waals surface area contributed by atoms with Gasteiger partial charge in [0.15, 0.2) is 0 Å². The summed E-state index contributed by atoms with van der Waals surface area (Å²) in [4.78, 5) is 10.7. The third kappa shape index (κ3) is 5.21. The van der Waals surface area contributed by atoms with Crippen LogP contribution in [0.25, 0.3) is 0 Å². The molecule has 0 radical (unpaired) electrons. The summed E-state index contributed by atoms with van der Waals surface area (Å²) in [5.74, 6) is -0.238. The Hall–Kier alpha value is -1.85. The third-order valence-corrected chi connectivity index (χ3v) is 3.82. The Kier molecular flexibility index (Phi) is 5.78. The van der Waals surface area contributed by atoms with Crippen molar-refractivity contribution >= 4 is 17.3 Å². The topological polar surface area (TPSA) is 58.6 Å². The second-order valence-corrected chi connectivity index (χ2v) is 5.65. The van der Waals surface area contributed by atoms with E-state index in [0.717, 1.165) is 13.0 Å². The Morgan fingerprint density at radius 3 is 2.71 bits per heavy atom. The number of carboxylic acid groups (broad SMARTS) is 1. The maximum absolute atomic E-state index is 10.7. The minimum Gasteiger partial charge on any atom is -0.492 e. The van der Waals surface area contributed by atoms with E-state index in [1.54, 1.807) is 35.6 Å². The van der Waals surface area contributed by atoms with Crippen molar-refractivity contribution in [1.29, 1.82) is 0 Å². The highest BCUT2D eigenvalue weighted by atomic mass is 32.1. The van der Waals surface area contributed by atoms with Crippen molar-refractivity contribution in [2.75, 3.05) is 13.2 Å². The summed E-state index contributed by atoms with van der Waals surface area (Å²) in [6.07, 6.45) is 1.01. The van der Waals surface area contributed by atoms with Crippen LogP contribution < -0.4 is 10.1 Å². The summed E-state index contributed by atoms with van der Waals surface area (Å²) in [7, 11) is 0. The van der Waals surface area contributed by atoms with Crippen LogP contribution in [0.5, 0.6) is 5.75 Å². The largest absolute Gasteiger partial charge is 0.492 e. The molecule has 0 fully saturated rings. The molecule has 1 aromatic heterocycles. The monoisotopic (exact) mass is 305 g/mol. The molecule has 4 nitrogen and oxygen atoms in total. The molecule has 2 N–H and O–H groups in total. The molecule has 0 saturated heterocycles. The Morgan fingerprint density at radius 1 is 1.33 bits per heavy atom. The van der Waals surface area contributed by atoms with E-state index in [1.807, 2.05) is 0 Å². The van der Waals surface area contributed by atoms with Gasteiger partial charge in [-0.2, -0.15) is 11.3 Å². The first-order chi connectivity index (χ1) is 10.1. The number of nitrogens with one attached hydrogen (secondary N) is 1. The molecular formula is C16H19NO3S. The van der Waals surface area contributed by atoms with Gasteiger partial charge >= 0.3 is 5.97 Å². The highest BCUT2D eigenvalue weighted by molar-refractivity contribution is 7.07. The number of aromatic carboxylic acids is 1. The van der Waals surface area contributed by atoms with Gasteiger partial charge in [0.1, 0.15) is 12.4 Å². The van der Waals surface area contributed by atoms with E-state index in [2.05, 4.69) is 29.1 Å². The van der Waals surface area contributed by atoms with Gasteiger partial charge in [-0.1, -0.05) is 0 Å². The normalized spacial score (nSPS) is 12.0. The first kappa shape index (κ1) is 15.5.